The molecular formula is C13H18O3. The van der Waals surface area contributed by atoms with Gasteiger partial charge >= 0.3 is 0 Å². The summed E-state index contributed by atoms with van der Waals surface area (Å²) in [6.45, 7) is 1.84. The Morgan fingerprint density at radius 3 is 2.56 bits per heavy atom. The molecule has 16 heavy (non-hydrogen) atoms. The zero-order valence-electron chi connectivity index (χ0n) is 9.93. The lowest BCUT2D eigenvalue weighted by Gasteiger charge is -2.11. The van der Waals surface area contributed by atoms with Crippen molar-refractivity contribution in [2.75, 3.05) is 14.2 Å². The van der Waals surface area contributed by atoms with Gasteiger partial charge in [0.2, 0.25) is 0 Å². The Kier molecular flexibility index (Phi) is 3.06. The summed E-state index contributed by atoms with van der Waals surface area (Å²) < 4.78 is 10.5. The maximum Gasteiger partial charge on any atom is 0.122 e. The molecule has 0 aromatic heterocycles. The molecule has 0 saturated heterocycles. The summed E-state index contributed by atoms with van der Waals surface area (Å²) in [6.07, 6.45) is 0.780. The molecule has 1 aromatic rings. The Morgan fingerprint density at radius 2 is 2.06 bits per heavy atom. The Morgan fingerprint density at radius 1 is 1.31 bits per heavy atom. The van der Waals surface area contributed by atoms with Gasteiger partial charge in [0.05, 0.1) is 20.3 Å². The normalized spacial score (nSPS) is 25.0. The SMILES string of the molecule is COc1ccc(OC)c([C@@H]2C[C@H]2[C@@H](C)O)c1. The molecule has 1 aromatic carbocycles. The third-order valence-electron chi connectivity index (χ3n) is 3.30. The zero-order valence-corrected chi connectivity index (χ0v) is 9.93. The van der Waals surface area contributed by atoms with Crippen LogP contribution < -0.4 is 9.47 Å². The van der Waals surface area contributed by atoms with E-state index in [1.54, 1.807) is 14.2 Å². The summed E-state index contributed by atoms with van der Waals surface area (Å²) in [5.74, 6) is 2.49. The standard InChI is InChI=1S/C13H18O3/c1-8(14)10-7-11(10)12-6-9(15-2)4-5-13(12)16-3/h4-6,8,10-11,14H,7H2,1-3H3/t8-,10+,11-/m1/s1. The van der Waals surface area contributed by atoms with Crippen molar-refractivity contribution in [2.45, 2.75) is 25.4 Å². The van der Waals surface area contributed by atoms with Gasteiger partial charge in [-0.05, 0) is 43.4 Å². The second-order valence-electron chi connectivity index (χ2n) is 4.35. The van der Waals surface area contributed by atoms with Gasteiger partial charge in [-0.2, -0.15) is 0 Å². The molecule has 0 bridgehead atoms. The number of aliphatic hydroxyl groups is 1. The molecule has 0 unspecified atom stereocenters. The van der Waals surface area contributed by atoms with Crippen LogP contribution in [0.3, 0.4) is 0 Å². The lowest BCUT2D eigenvalue weighted by atomic mass is 10.1. The Bertz CT molecular complexity index is 373. The summed E-state index contributed by atoms with van der Waals surface area (Å²) in [7, 11) is 3.33. The fourth-order valence-electron chi connectivity index (χ4n) is 2.23. The molecule has 0 spiro atoms. The lowest BCUT2D eigenvalue weighted by Crippen LogP contribution is -2.04. The number of rotatable bonds is 4. The fraction of sp³-hybridized carbons (Fsp3) is 0.538. The van der Waals surface area contributed by atoms with Gasteiger partial charge in [-0.25, -0.2) is 0 Å². The first kappa shape index (κ1) is 11.3. The molecule has 0 radical (unpaired) electrons. The van der Waals surface area contributed by atoms with Gasteiger partial charge < -0.3 is 14.6 Å². The van der Waals surface area contributed by atoms with E-state index in [2.05, 4.69) is 0 Å². The van der Waals surface area contributed by atoms with Gasteiger partial charge in [0.15, 0.2) is 0 Å². The highest BCUT2D eigenvalue weighted by atomic mass is 16.5. The van der Waals surface area contributed by atoms with Crippen LogP contribution in [0.1, 0.15) is 24.8 Å². The van der Waals surface area contributed by atoms with Crippen LogP contribution in [0, 0.1) is 5.92 Å². The highest BCUT2D eigenvalue weighted by Gasteiger charge is 2.43. The topological polar surface area (TPSA) is 38.7 Å². The number of methoxy groups -OCH3 is 2. The van der Waals surface area contributed by atoms with E-state index in [0.29, 0.717) is 11.8 Å². The second-order valence-corrected chi connectivity index (χ2v) is 4.35. The van der Waals surface area contributed by atoms with E-state index in [1.807, 2.05) is 25.1 Å². The molecule has 3 nitrogen and oxygen atoms in total. The van der Waals surface area contributed by atoms with Gasteiger partial charge in [-0.3, -0.25) is 0 Å². The van der Waals surface area contributed by atoms with Crippen LogP contribution in [-0.2, 0) is 0 Å². The summed E-state index contributed by atoms with van der Waals surface area (Å²) in [6, 6.07) is 5.82. The molecule has 0 heterocycles. The molecule has 3 atom stereocenters. The Balaban J connectivity index is 2.25. The molecule has 1 aliphatic carbocycles. The Labute approximate surface area is 96.0 Å². The summed E-state index contributed by atoms with van der Waals surface area (Å²) in [5, 5.41) is 9.54. The van der Waals surface area contributed by atoms with Crippen molar-refractivity contribution in [3.05, 3.63) is 23.8 Å². The molecule has 0 aliphatic heterocycles. The van der Waals surface area contributed by atoms with Gasteiger partial charge in [0, 0.05) is 5.56 Å². The van der Waals surface area contributed by atoms with E-state index in [1.165, 1.54) is 0 Å². The first-order chi connectivity index (χ1) is 7.67. The third-order valence-corrected chi connectivity index (χ3v) is 3.30. The van der Waals surface area contributed by atoms with Crippen molar-refractivity contribution in [1.29, 1.82) is 0 Å². The van der Waals surface area contributed by atoms with Crippen molar-refractivity contribution in [2.24, 2.45) is 5.92 Å². The summed E-state index contributed by atoms with van der Waals surface area (Å²) >= 11 is 0. The van der Waals surface area contributed by atoms with Crippen molar-refractivity contribution < 1.29 is 14.6 Å². The fourth-order valence-corrected chi connectivity index (χ4v) is 2.23. The van der Waals surface area contributed by atoms with Crippen LogP contribution in [0.2, 0.25) is 0 Å². The number of hydrogen-bond acceptors (Lipinski definition) is 3. The van der Waals surface area contributed by atoms with E-state index >= 15 is 0 Å². The molecular weight excluding hydrogens is 204 g/mol. The van der Waals surface area contributed by atoms with Crippen LogP contribution in [0.4, 0.5) is 0 Å². The van der Waals surface area contributed by atoms with Crippen LogP contribution in [0.5, 0.6) is 11.5 Å². The molecule has 2 rings (SSSR count). The van der Waals surface area contributed by atoms with E-state index < -0.39 is 0 Å². The van der Waals surface area contributed by atoms with Crippen LogP contribution >= 0.6 is 0 Å². The molecule has 1 aliphatic rings. The second kappa shape index (κ2) is 4.34. The Hall–Kier alpha value is -1.22. The highest BCUT2D eigenvalue weighted by Crippen LogP contribution is 2.52. The predicted molar refractivity (Wildman–Crippen MR) is 62.1 cm³/mol. The third kappa shape index (κ3) is 2.00. The number of ether oxygens (including phenoxy) is 2. The highest BCUT2D eigenvalue weighted by molar-refractivity contribution is 5.45. The maximum atomic E-state index is 9.54. The zero-order chi connectivity index (χ0) is 11.7. The molecule has 0 amide bonds. The number of hydrogen-bond donors (Lipinski definition) is 1. The monoisotopic (exact) mass is 222 g/mol. The molecule has 1 N–H and O–H groups in total. The van der Waals surface area contributed by atoms with Crippen molar-refractivity contribution >= 4 is 0 Å². The van der Waals surface area contributed by atoms with E-state index in [0.717, 1.165) is 23.5 Å². The minimum Gasteiger partial charge on any atom is -0.497 e. The van der Waals surface area contributed by atoms with E-state index in [9.17, 15) is 5.11 Å². The van der Waals surface area contributed by atoms with Crippen molar-refractivity contribution in [3.8, 4) is 11.5 Å². The minimum atomic E-state index is -0.249. The minimum absolute atomic E-state index is 0.249. The number of benzene rings is 1. The lowest BCUT2D eigenvalue weighted by molar-refractivity contribution is 0.168. The first-order valence-corrected chi connectivity index (χ1v) is 5.57. The average Bonchev–Trinajstić information content (AvgIpc) is 3.08. The largest absolute Gasteiger partial charge is 0.497 e. The smallest absolute Gasteiger partial charge is 0.122 e. The van der Waals surface area contributed by atoms with E-state index in [-0.39, 0.29) is 6.10 Å². The van der Waals surface area contributed by atoms with Crippen LogP contribution in [-0.4, -0.2) is 25.4 Å². The van der Waals surface area contributed by atoms with Gasteiger partial charge in [-0.15, -0.1) is 0 Å². The molecule has 1 saturated carbocycles. The summed E-state index contributed by atoms with van der Waals surface area (Å²) in [5.41, 5.74) is 1.15. The van der Waals surface area contributed by atoms with E-state index in [4.69, 9.17) is 9.47 Å². The van der Waals surface area contributed by atoms with Crippen molar-refractivity contribution in [1.82, 2.24) is 0 Å². The molecule has 1 fully saturated rings. The van der Waals surface area contributed by atoms with Gasteiger partial charge in [0.25, 0.3) is 0 Å². The maximum absolute atomic E-state index is 9.54. The van der Waals surface area contributed by atoms with Crippen LogP contribution in [0.15, 0.2) is 18.2 Å². The molecule has 88 valence electrons. The molecule has 3 heteroatoms. The van der Waals surface area contributed by atoms with Gasteiger partial charge in [0.1, 0.15) is 11.5 Å². The van der Waals surface area contributed by atoms with Crippen LogP contribution in [0.25, 0.3) is 0 Å². The number of aliphatic hydroxyl groups excluding tert-OH is 1. The average molecular weight is 222 g/mol. The van der Waals surface area contributed by atoms with Gasteiger partial charge in [-0.1, -0.05) is 0 Å². The predicted octanol–water partition coefficient (Wildman–Crippen LogP) is 2.19. The van der Waals surface area contributed by atoms with Crippen molar-refractivity contribution in [3.63, 3.8) is 0 Å². The summed E-state index contributed by atoms with van der Waals surface area (Å²) in [4.78, 5) is 0. The first-order valence-electron chi connectivity index (χ1n) is 5.57. The quantitative estimate of drug-likeness (QED) is 0.848.